The molecule has 0 atom stereocenters. The second-order valence-corrected chi connectivity index (χ2v) is 8.69. The summed E-state index contributed by atoms with van der Waals surface area (Å²) in [5, 5.41) is 3.97. The second kappa shape index (κ2) is 10.1. The van der Waals surface area contributed by atoms with E-state index in [9.17, 15) is 4.79 Å². The van der Waals surface area contributed by atoms with E-state index in [4.69, 9.17) is 0 Å². The Hall–Kier alpha value is -2.61. The molecule has 1 aliphatic heterocycles. The number of likely N-dealkylation sites (N-methyl/N-ethyl adjacent to an activating group) is 1. The molecule has 1 fully saturated rings. The van der Waals surface area contributed by atoms with Crippen LogP contribution in [0.4, 0.5) is 0 Å². The van der Waals surface area contributed by atoms with Crippen molar-refractivity contribution in [2.24, 2.45) is 0 Å². The molecule has 3 aromatic rings. The molecule has 1 amide bonds. The zero-order valence-corrected chi connectivity index (χ0v) is 18.9. The van der Waals surface area contributed by atoms with E-state index in [1.165, 1.54) is 5.56 Å². The fraction of sp³-hybridized carbons (Fsp3) is 0.333. The summed E-state index contributed by atoms with van der Waals surface area (Å²) >= 11 is 1.59. The van der Waals surface area contributed by atoms with Gasteiger partial charge in [-0.3, -0.25) is 14.3 Å². The van der Waals surface area contributed by atoms with Gasteiger partial charge in [0.2, 0.25) is 0 Å². The Balaban J connectivity index is 1.33. The number of rotatable bonds is 7. The highest BCUT2D eigenvalue weighted by molar-refractivity contribution is 7.98. The molecule has 0 spiro atoms. The molecule has 2 aromatic carbocycles. The van der Waals surface area contributed by atoms with Gasteiger partial charge in [0.15, 0.2) is 5.16 Å². The molecule has 2 heterocycles. The lowest BCUT2D eigenvalue weighted by Gasteiger charge is -2.32. The van der Waals surface area contributed by atoms with Gasteiger partial charge in [-0.2, -0.15) is 0 Å². The first-order valence-electron chi connectivity index (χ1n) is 10.6. The van der Waals surface area contributed by atoms with Crippen molar-refractivity contribution in [3.63, 3.8) is 0 Å². The average Bonchev–Trinajstić information content (AvgIpc) is 3.28. The number of imidazole rings is 1. The first-order valence-corrected chi connectivity index (χ1v) is 11.8. The molecule has 31 heavy (non-hydrogen) atoms. The summed E-state index contributed by atoms with van der Waals surface area (Å²) in [5.41, 5.74) is 4.07. The fourth-order valence-corrected chi connectivity index (χ4v) is 4.33. The maximum absolute atomic E-state index is 12.6. The lowest BCUT2D eigenvalue weighted by molar-refractivity contribution is 0.0951. The highest BCUT2D eigenvalue weighted by Crippen LogP contribution is 2.18. The van der Waals surface area contributed by atoms with Gasteiger partial charge in [0, 0.05) is 62.9 Å². The summed E-state index contributed by atoms with van der Waals surface area (Å²) in [7, 11) is 2.17. The first-order chi connectivity index (χ1) is 15.1. The lowest BCUT2D eigenvalue weighted by atomic mass is 10.1. The van der Waals surface area contributed by atoms with Crippen LogP contribution in [-0.4, -0.2) is 64.7 Å². The maximum atomic E-state index is 12.6. The smallest absolute Gasteiger partial charge is 0.251 e. The summed E-state index contributed by atoms with van der Waals surface area (Å²) in [6.07, 6.45) is 5.71. The molecule has 4 rings (SSSR count). The predicted octanol–water partition coefficient (Wildman–Crippen LogP) is 3.27. The third-order valence-electron chi connectivity index (χ3n) is 5.64. The number of thioether (sulfide) groups is 1. The van der Waals surface area contributed by atoms with Crippen LogP contribution in [0.1, 0.15) is 21.5 Å². The summed E-state index contributed by atoms with van der Waals surface area (Å²) < 4.78 is 2.01. The van der Waals surface area contributed by atoms with Crippen LogP contribution in [0.2, 0.25) is 0 Å². The number of amides is 1. The summed E-state index contributed by atoms with van der Waals surface area (Å²) in [4.78, 5) is 21.8. The SMILES string of the molecule is CSc1nccn1-c1ccc(C(=O)NCc2cccc(CN3CCN(C)CC3)c2)cc1. The Morgan fingerprint density at radius 2 is 1.81 bits per heavy atom. The molecule has 6 nitrogen and oxygen atoms in total. The summed E-state index contributed by atoms with van der Waals surface area (Å²) in [6, 6.07) is 16.1. The van der Waals surface area contributed by atoms with E-state index in [0.29, 0.717) is 12.1 Å². The Kier molecular flexibility index (Phi) is 7.06. The van der Waals surface area contributed by atoms with E-state index in [-0.39, 0.29) is 5.91 Å². The first kappa shape index (κ1) is 21.6. The fourth-order valence-electron chi connectivity index (χ4n) is 3.80. The Labute approximate surface area is 188 Å². The van der Waals surface area contributed by atoms with E-state index in [1.807, 2.05) is 41.3 Å². The number of hydrogen-bond donors (Lipinski definition) is 1. The molecule has 0 bridgehead atoms. The number of carbonyl (C=O) groups excluding carboxylic acids is 1. The largest absolute Gasteiger partial charge is 0.348 e. The Morgan fingerprint density at radius 1 is 1.06 bits per heavy atom. The standard InChI is InChI=1S/C24H29N5OS/c1-27-12-14-28(15-13-27)18-20-5-3-4-19(16-20)17-26-23(30)21-6-8-22(9-7-21)29-11-10-25-24(29)31-2/h3-11,16H,12-15,17-18H2,1-2H3,(H,26,30). The van der Waals surface area contributed by atoms with E-state index >= 15 is 0 Å². The normalized spacial score (nSPS) is 15.2. The Bertz CT molecular complexity index is 1010. The van der Waals surface area contributed by atoms with Crippen molar-refractivity contribution in [1.82, 2.24) is 24.7 Å². The lowest BCUT2D eigenvalue weighted by Crippen LogP contribution is -2.43. The van der Waals surface area contributed by atoms with Gasteiger partial charge >= 0.3 is 0 Å². The topological polar surface area (TPSA) is 53.4 Å². The molecule has 162 valence electrons. The van der Waals surface area contributed by atoms with Gasteiger partial charge in [-0.15, -0.1) is 0 Å². The van der Waals surface area contributed by atoms with Gasteiger partial charge in [-0.05, 0) is 48.7 Å². The van der Waals surface area contributed by atoms with E-state index in [1.54, 1.807) is 18.0 Å². The number of nitrogens with zero attached hydrogens (tertiary/aromatic N) is 4. The third-order valence-corrected chi connectivity index (χ3v) is 6.31. The zero-order valence-electron chi connectivity index (χ0n) is 18.1. The van der Waals surface area contributed by atoms with Crippen LogP contribution in [-0.2, 0) is 13.1 Å². The number of nitrogens with one attached hydrogen (secondary N) is 1. The molecular weight excluding hydrogens is 406 g/mol. The minimum absolute atomic E-state index is 0.0632. The van der Waals surface area contributed by atoms with Crippen LogP contribution < -0.4 is 5.32 Å². The number of benzene rings is 2. The van der Waals surface area contributed by atoms with Gasteiger partial charge in [0.25, 0.3) is 5.91 Å². The Morgan fingerprint density at radius 3 is 2.55 bits per heavy atom. The minimum atomic E-state index is -0.0632. The van der Waals surface area contributed by atoms with Crippen molar-refractivity contribution in [3.05, 3.63) is 77.6 Å². The van der Waals surface area contributed by atoms with Crippen molar-refractivity contribution in [2.45, 2.75) is 18.2 Å². The number of carbonyl (C=O) groups is 1. The molecule has 0 unspecified atom stereocenters. The molecule has 1 saturated heterocycles. The van der Waals surface area contributed by atoms with Gasteiger partial charge in [0.05, 0.1) is 0 Å². The molecule has 0 saturated carbocycles. The predicted molar refractivity (Wildman–Crippen MR) is 126 cm³/mol. The van der Waals surface area contributed by atoms with E-state index < -0.39 is 0 Å². The van der Waals surface area contributed by atoms with Crippen LogP contribution in [0.3, 0.4) is 0 Å². The van der Waals surface area contributed by atoms with E-state index in [0.717, 1.165) is 49.1 Å². The van der Waals surface area contributed by atoms with Crippen molar-refractivity contribution in [2.75, 3.05) is 39.5 Å². The highest BCUT2D eigenvalue weighted by atomic mass is 32.2. The van der Waals surface area contributed by atoms with Gasteiger partial charge in [0.1, 0.15) is 0 Å². The highest BCUT2D eigenvalue weighted by Gasteiger charge is 2.14. The molecular formula is C24H29N5OS. The van der Waals surface area contributed by atoms with Crippen LogP contribution in [0.25, 0.3) is 5.69 Å². The summed E-state index contributed by atoms with van der Waals surface area (Å²) in [6.45, 7) is 5.93. The van der Waals surface area contributed by atoms with Gasteiger partial charge in [-0.25, -0.2) is 4.98 Å². The quantitative estimate of drug-likeness (QED) is 0.578. The van der Waals surface area contributed by atoms with Gasteiger partial charge in [-0.1, -0.05) is 36.0 Å². The average molecular weight is 436 g/mol. The van der Waals surface area contributed by atoms with Crippen LogP contribution >= 0.6 is 11.8 Å². The van der Waals surface area contributed by atoms with Crippen LogP contribution in [0.5, 0.6) is 0 Å². The molecule has 7 heteroatoms. The third kappa shape index (κ3) is 5.55. The number of hydrogen-bond acceptors (Lipinski definition) is 5. The van der Waals surface area contributed by atoms with Gasteiger partial charge < -0.3 is 10.2 Å². The molecule has 0 radical (unpaired) electrons. The molecule has 0 aliphatic carbocycles. The van der Waals surface area contributed by atoms with Crippen molar-refractivity contribution in [1.29, 1.82) is 0 Å². The van der Waals surface area contributed by atoms with Crippen LogP contribution in [0, 0.1) is 0 Å². The monoisotopic (exact) mass is 435 g/mol. The molecule has 1 aromatic heterocycles. The van der Waals surface area contributed by atoms with Crippen molar-refractivity contribution < 1.29 is 4.79 Å². The van der Waals surface area contributed by atoms with Crippen LogP contribution in [0.15, 0.2) is 66.1 Å². The molecule has 1 aliphatic rings. The minimum Gasteiger partial charge on any atom is -0.348 e. The second-order valence-electron chi connectivity index (χ2n) is 7.91. The van der Waals surface area contributed by atoms with E-state index in [2.05, 4.69) is 51.4 Å². The number of aromatic nitrogens is 2. The maximum Gasteiger partial charge on any atom is 0.251 e. The zero-order chi connectivity index (χ0) is 21.6. The molecule has 1 N–H and O–H groups in total. The summed E-state index contributed by atoms with van der Waals surface area (Å²) in [5.74, 6) is -0.0632. The van der Waals surface area contributed by atoms with Crippen molar-refractivity contribution in [3.8, 4) is 5.69 Å². The van der Waals surface area contributed by atoms with Crippen molar-refractivity contribution >= 4 is 17.7 Å². The number of piperazine rings is 1.